The zero-order chi connectivity index (χ0) is 14.5. The first-order valence-corrected chi connectivity index (χ1v) is 7.88. The van der Waals surface area contributed by atoms with E-state index in [1.54, 1.807) is 6.07 Å². The molecule has 1 heterocycles. The van der Waals surface area contributed by atoms with Gasteiger partial charge in [0.15, 0.2) is 0 Å². The summed E-state index contributed by atoms with van der Waals surface area (Å²) in [6, 6.07) is 5.20. The molecular formula is C15H22BrFN2O. The summed E-state index contributed by atoms with van der Waals surface area (Å²) in [6.45, 7) is 5.82. The van der Waals surface area contributed by atoms with E-state index in [1.807, 2.05) is 13.1 Å². The third-order valence-corrected chi connectivity index (χ3v) is 4.39. The molecule has 3 nitrogen and oxygen atoms in total. The summed E-state index contributed by atoms with van der Waals surface area (Å²) in [5, 5.41) is 3.28. The molecule has 0 radical (unpaired) electrons. The molecule has 1 aromatic rings. The smallest absolute Gasteiger partial charge is 0.126 e. The van der Waals surface area contributed by atoms with Crippen molar-refractivity contribution in [2.24, 2.45) is 0 Å². The fourth-order valence-electron chi connectivity index (χ4n) is 2.62. The highest BCUT2D eigenvalue weighted by Crippen LogP contribution is 2.19. The molecule has 0 bridgehead atoms. The summed E-state index contributed by atoms with van der Waals surface area (Å²) in [4.78, 5) is 2.37. The van der Waals surface area contributed by atoms with Gasteiger partial charge < -0.3 is 10.1 Å². The van der Waals surface area contributed by atoms with Crippen molar-refractivity contribution in [1.29, 1.82) is 0 Å². The molecule has 1 aliphatic rings. The normalized spacial score (nSPS) is 21.9. The quantitative estimate of drug-likeness (QED) is 0.887. The number of morpholine rings is 1. The first-order valence-electron chi connectivity index (χ1n) is 7.09. The summed E-state index contributed by atoms with van der Waals surface area (Å²) in [5.74, 6) is -0.156. The maximum absolute atomic E-state index is 13.9. The highest BCUT2D eigenvalue weighted by Gasteiger charge is 2.27. The second-order valence-corrected chi connectivity index (χ2v) is 6.05. The SMILES string of the molecule is CCN1CCOC(C(Cc2cc(Br)ccc2F)NC)C1. The van der Waals surface area contributed by atoms with E-state index in [1.165, 1.54) is 6.07 Å². The van der Waals surface area contributed by atoms with Crippen LogP contribution in [0.15, 0.2) is 22.7 Å². The molecule has 0 aliphatic carbocycles. The van der Waals surface area contributed by atoms with Gasteiger partial charge in [0.1, 0.15) is 5.82 Å². The molecule has 2 rings (SSSR count). The van der Waals surface area contributed by atoms with Crippen LogP contribution < -0.4 is 5.32 Å². The lowest BCUT2D eigenvalue weighted by atomic mass is 9.99. The van der Waals surface area contributed by atoms with Gasteiger partial charge in [-0.3, -0.25) is 4.90 Å². The van der Waals surface area contributed by atoms with Crippen molar-refractivity contribution >= 4 is 15.9 Å². The Morgan fingerprint density at radius 2 is 2.35 bits per heavy atom. The molecular weight excluding hydrogens is 323 g/mol. The number of rotatable bonds is 5. The van der Waals surface area contributed by atoms with E-state index in [0.717, 1.165) is 36.3 Å². The van der Waals surface area contributed by atoms with Crippen molar-refractivity contribution in [3.8, 4) is 0 Å². The lowest BCUT2D eigenvalue weighted by Gasteiger charge is -2.36. The fraction of sp³-hybridized carbons (Fsp3) is 0.600. The van der Waals surface area contributed by atoms with Gasteiger partial charge in [-0.05, 0) is 43.8 Å². The molecule has 5 heteroatoms. The number of likely N-dealkylation sites (N-methyl/N-ethyl adjacent to an activating group) is 2. The Bertz CT molecular complexity index is 444. The molecule has 2 unspecified atom stereocenters. The Balaban J connectivity index is 2.06. The number of nitrogens with zero attached hydrogens (tertiary/aromatic N) is 1. The molecule has 0 aromatic heterocycles. The van der Waals surface area contributed by atoms with E-state index in [2.05, 4.69) is 33.1 Å². The van der Waals surface area contributed by atoms with Gasteiger partial charge in [0, 0.05) is 23.6 Å². The number of hydrogen-bond acceptors (Lipinski definition) is 3. The van der Waals surface area contributed by atoms with Gasteiger partial charge in [0.25, 0.3) is 0 Å². The van der Waals surface area contributed by atoms with Crippen LogP contribution in [0.2, 0.25) is 0 Å². The molecule has 0 amide bonds. The fourth-order valence-corrected chi connectivity index (χ4v) is 3.03. The number of nitrogens with one attached hydrogen (secondary N) is 1. The predicted molar refractivity (Wildman–Crippen MR) is 82.5 cm³/mol. The number of ether oxygens (including phenoxy) is 1. The average Bonchev–Trinajstić information content (AvgIpc) is 2.48. The highest BCUT2D eigenvalue weighted by atomic mass is 79.9. The molecule has 1 fully saturated rings. The van der Waals surface area contributed by atoms with Gasteiger partial charge in [-0.1, -0.05) is 22.9 Å². The topological polar surface area (TPSA) is 24.5 Å². The first-order chi connectivity index (χ1) is 9.63. The van der Waals surface area contributed by atoms with E-state index in [0.29, 0.717) is 6.42 Å². The second-order valence-electron chi connectivity index (χ2n) is 5.14. The van der Waals surface area contributed by atoms with E-state index >= 15 is 0 Å². The highest BCUT2D eigenvalue weighted by molar-refractivity contribution is 9.10. The van der Waals surface area contributed by atoms with Crippen LogP contribution in [0.3, 0.4) is 0 Å². The van der Waals surface area contributed by atoms with Crippen molar-refractivity contribution in [2.45, 2.75) is 25.5 Å². The van der Waals surface area contributed by atoms with Crippen LogP contribution in [0.25, 0.3) is 0 Å². The molecule has 112 valence electrons. The van der Waals surface area contributed by atoms with Crippen LogP contribution >= 0.6 is 15.9 Å². The maximum atomic E-state index is 13.9. The van der Waals surface area contributed by atoms with Gasteiger partial charge >= 0.3 is 0 Å². The standard InChI is InChI=1S/C15H22BrFN2O/c1-3-19-6-7-20-15(10-19)14(18-2)9-11-8-12(16)4-5-13(11)17/h4-5,8,14-15,18H,3,6-7,9-10H2,1-2H3. The van der Waals surface area contributed by atoms with Crippen molar-refractivity contribution in [3.05, 3.63) is 34.1 Å². The van der Waals surface area contributed by atoms with E-state index in [4.69, 9.17) is 4.74 Å². The van der Waals surface area contributed by atoms with E-state index < -0.39 is 0 Å². The molecule has 20 heavy (non-hydrogen) atoms. The van der Waals surface area contributed by atoms with Crippen molar-refractivity contribution in [2.75, 3.05) is 33.3 Å². The summed E-state index contributed by atoms with van der Waals surface area (Å²) >= 11 is 3.40. The molecule has 0 saturated carbocycles. The Morgan fingerprint density at radius 3 is 3.05 bits per heavy atom. The number of benzene rings is 1. The van der Waals surface area contributed by atoms with Gasteiger partial charge in [-0.15, -0.1) is 0 Å². The second kappa shape index (κ2) is 7.50. The minimum absolute atomic E-state index is 0.104. The third kappa shape index (κ3) is 4.01. The lowest BCUT2D eigenvalue weighted by Crippen LogP contribution is -2.52. The van der Waals surface area contributed by atoms with Crippen LogP contribution in [0.1, 0.15) is 12.5 Å². The van der Waals surface area contributed by atoms with Gasteiger partial charge in [-0.2, -0.15) is 0 Å². The van der Waals surface area contributed by atoms with Gasteiger partial charge in [0.2, 0.25) is 0 Å². The largest absolute Gasteiger partial charge is 0.374 e. The number of hydrogen-bond donors (Lipinski definition) is 1. The molecule has 1 saturated heterocycles. The van der Waals surface area contributed by atoms with Crippen molar-refractivity contribution < 1.29 is 9.13 Å². The molecule has 1 N–H and O–H groups in total. The summed E-state index contributed by atoms with van der Waals surface area (Å²) in [7, 11) is 1.91. The lowest BCUT2D eigenvalue weighted by molar-refractivity contribution is -0.0437. The van der Waals surface area contributed by atoms with Gasteiger partial charge in [0.05, 0.1) is 12.7 Å². The zero-order valence-electron chi connectivity index (χ0n) is 12.0. The molecule has 0 spiro atoms. The summed E-state index contributed by atoms with van der Waals surface area (Å²) in [5.41, 5.74) is 0.718. The van der Waals surface area contributed by atoms with E-state index in [-0.39, 0.29) is 18.0 Å². The number of halogens is 2. The van der Waals surface area contributed by atoms with Crippen LogP contribution in [-0.2, 0) is 11.2 Å². The Kier molecular flexibility index (Phi) is 5.96. The Morgan fingerprint density at radius 1 is 1.55 bits per heavy atom. The summed E-state index contributed by atoms with van der Waals surface area (Å²) < 4.78 is 20.6. The minimum Gasteiger partial charge on any atom is -0.374 e. The van der Waals surface area contributed by atoms with Gasteiger partial charge in [-0.25, -0.2) is 4.39 Å². The van der Waals surface area contributed by atoms with Crippen LogP contribution in [-0.4, -0.2) is 50.3 Å². The first kappa shape index (κ1) is 15.9. The summed E-state index contributed by atoms with van der Waals surface area (Å²) in [6.07, 6.45) is 0.733. The van der Waals surface area contributed by atoms with Crippen molar-refractivity contribution in [3.63, 3.8) is 0 Å². The van der Waals surface area contributed by atoms with E-state index in [9.17, 15) is 4.39 Å². The van der Waals surface area contributed by atoms with Crippen molar-refractivity contribution in [1.82, 2.24) is 10.2 Å². The molecule has 2 atom stereocenters. The molecule has 1 aromatic carbocycles. The Hall–Kier alpha value is -0.490. The maximum Gasteiger partial charge on any atom is 0.126 e. The van der Waals surface area contributed by atoms with Crippen LogP contribution in [0, 0.1) is 5.82 Å². The van der Waals surface area contributed by atoms with Crippen LogP contribution in [0.5, 0.6) is 0 Å². The predicted octanol–water partition coefficient (Wildman–Crippen LogP) is 2.44. The minimum atomic E-state index is -0.156. The zero-order valence-corrected chi connectivity index (χ0v) is 13.6. The average molecular weight is 345 g/mol. The molecule has 1 aliphatic heterocycles. The Labute approximate surface area is 128 Å². The third-order valence-electron chi connectivity index (χ3n) is 3.89. The van der Waals surface area contributed by atoms with Crippen LogP contribution in [0.4, 0.5) is 4.39 Å². The monoisotopic (exact) mass is 344 g/mol.